The number of carbonyl (C=O) groups is 1. The van der Waals surface area contributed by atoms with Crippen LogP contribution in [-0.2, 0) is 4.79 Å². The van der Waals surface area contributed by atoms with Crippen LogP contribution in [0.2, 0.25) is 0 Å². The Balaban J connectivity index is 4.17. The molecule has 3 nitrogen and oxygen atoms in total. The summed E-state index contributed by atoms with van der Waals surface area (Å²) in [6.07, 6.45) is 6.13. The maximum absolute atomic E-state index is 11.7. The second kappa shape index (κ2) is 5.77. The first-order chi connectivity index (χ1) is 6.82. The van der Waals surface area contributed by atoms with Crippen LogP contribution >= 0.6 is 0 Å². The van der Waals surface area contributed by atoms with Crippen LogP contribution in [0.1, 0.15) is 41.0 Å². The molecular weight excluding hydrogens is 188 g/mol. The van der Waals surface area contributed by atoms with Gasteiger partial charge in [-0.1, -0.05) is 12.8 Å². The fraction of sp³-hybridized carbons (Fsp3) is 0.750. The maximum Gasteiger partial charge on any atom is 0.237 e. The lowest BCUT2D eigenvalue weighted by atomic mass is 10.0. The van der Waals surface area contributed by atoms with Crippen LogP contribution in [0.25, 0.3) is 0 Å². The van der Waals surface area contributed by atoms with E-state index in [-0.39, 0.29) is 23.5 Å². The third kappa shape index (κ3) is 5.44. The highest BCUT2D eigenvalue weighted by molar-refractivity contribution is 5.82. The standard InChI is InChI=1S/C12H22N2O/c1-7-9(3)13-10(4)11(15)14-12(5,6)8-2/h1,9-10,13H,8H2,2-6H3,(H,14,15). The number of hydrogen-bond donors (Lipinski definition) is 2. The Labute approximate surface area is 93.0 Å². The van der Waals surface area contributed by atoms with Crippen molar-refractivity contribution in [3.63, 3.8) is 0 Å². The van der Waals surface area contributed by atoms with E-state index < -0.39 is 0 Å². The van der Waals surface area contributed by atoms with Crippen molar-refractivity contribution >= 4 is 5.91 Å². The van der Waals surface area contributed by atoms with Crippen molar-refractivity contribution in [3.05, 3.63) is 0 Å². The van der Waals surface area contributed by atoms with Crippen molar-refractivity contribution in [2.45, 2.75) is 58.7 Å². The van der Waals surface area contributed by atoms with Crippen molar-refractivity contribution < 1.29 is 4.79 Å². The molecule has 0 aliphatic heterocycles. The summed E-state index contributed by atoms with van der Waals surface area (Å²) < 4.78 is 0. The molecule has 15 heavy (non-hydrogen) atoms. The SMILES string of the molecule is C#CC(C)NC(C)C(=O)NC(C)(C)CC. The molecule has 2 unspecified atom stereocenters. The van der Waals surface area contributed by atoms with Crippen LogP contribution in [0, 0.1) is 12.3 Å². The fourth-order valence-electron chi connectivity index (χ4n) is 1.03. The molecule has 86 valence electrons. The number of hydrogen-bond acceptors (Lipinski definition) is 2. The Morgan fingerprint density at radius 2 is 2.00 bits per heavy atom. The average molecular weight is 210 g/mol. The Bertz CT molecular complexity index is 253. The molecule has 0 aliphatic carbocycles. The second-order valence-electron chi connectivity index (χ2n) is 4.50. The Morgan fingerprint density at radius 3 is 2.40 bits per heavy atom. The lowest BCUT2D eigenvalue weighted by Gasteiger charge is -2.27. The van der Waals surface area contributed by atoms with Crippen LogP contribution < -0.4 is 10.6 Å². The summed E-state index contributed by atoms with van der Waals surface area (Å²) in [5.74, 6) is 2.53. The van der Waals surface area contributed by atoms with Gasteiger partial charge in [0.15, 0.2) is 0 Å². The van der Waals surface area contributed by atoms with Crippen molar-refractivity contribution in [3.8, 4) is 12.3 Å². The highest BCUT2D eigenvalue weighted by Gasteiger charge is 2.21. The molecule has 2 N–H and O–H groups in total. The van der Waals surface area contributed by atoms with Crippen molar-refractivity contribution in [2.24, 2.45) is 0 Å². The number of nitrogens with one attached hydrogen (secondary N) is 2. The normalized spacial score (nSPS) is 15.2. The molecule has 0 rings (SSSR count). The van der Waals surface area contributed by atoms with Gasteiger partial charge in [-0.2, -0.15) is 0 Å². The molecule has 0 aliphatic rings. The fourth-order valence-corrected chi connectivity index (χ4v) is 1.03. The van der Waals surface area contributed by atoms with Crippen molar-refractivity contribution in [1.82, 2.24) is 10.6 Å². The van der Waals surface area contributed by atoms with Gasteiger partial charge in [0.1, 0.15) is 0 Å². The number of rotatable bonds is 5. The minimum atomic E-state index is -0.262. The second-order valence-corrected chi connectivity index (χ2v) is 4.50. The zero-order valence-electron chi connectivity index (χ0n) is 10.3. The first kappa shape index (κ1) is 14.0. The van der Waals surface area contributed by atoms with Gasteiger partial charge < -0.3 is 5.32 Å². The van der Waals surface area contributed by atoms with E-state index in [0.717, 1.165) is 6.42 Å². The number of amides is 1. The van der Waals surface area contributed by atoms with Gasteiger partial charge in [0.25, 0.3) is 0 Å². The van der Waals surface area contributed by atoms with E-state index in [4.69, 9.17) is 6.42 Å². The maximum atomic E-state index is 11.7. The van der Waals surface area contributed by atoms with E-state index >= 15 is 0 Å². The van der Waals surface area contributed by atoms with Gasteiger partial charge in [-0.15, -0.1) is 6.42 Å². The van der Waals surface area contributed by atoms with Gasteiger partial charge in [-0.25, -0.2) is 0 Å². The minimum Gasteiger partial charge on any atom is -0.350 e. The van der Waals surface area contributed by atoms with Crippen LogP contribution in [0.3, 0.4) is 0 Å². The largest absolute Gasteiger partial charge is 0.350 e. The average Bonchev–Trinajstić information content (AvgIpc) is 2.16. The Kier molecular flexibility index (Phi) is 5.38. The lowest BCUT2D eigenvalue weighted by Crippen LogP contribution is -2.52. The van der Waals surface area contributed by atoms with Gasteiger partial charge in [-0.3, -0.25) is 10.1 Å². The topological polar surface area (TPSA) is 41.1 Å². The third-order valence-corrected chi connectivity index (χ3v) is 2.49. The van der Waals surface area contributed by atoms with Crippen LogP contribution in [-0.4, -0.2) is 23.5 Å². The summed E-state index contributed by atoms with van der Waals surface area (Å²) in [6, 6.07) is -0.350. The van der Waals surface area contributed by atoms with Gasteiger partial charge in [0, 0.05) is 5.54 Å². The first-order valence-electron chi connectivity index (χ1n) is 5.36. The van der Waals surface area contributed by atoms with Gasteiger partial charge in [-0.05, 0) is 34.1 Å². The van der Waals surface area contributed by atoms with Crippen LogP contribution in [0.5, 0.6) is 0 Å². The van der Waals surface area contributed by atoms with Crippen molar-refractivity contribution in [2.75, 3.05) is 0 Å². The molecule has 0 aromatic rings. The Morgan fingerprint density at radius 1 is 1.47 bits per heavy atom. The number of carbonyl (C=O) groups excluding carboxylic acids is 1. The molecule has 0 saturated carbocycles. The first-order valence-corrected chi connectivity index (χ1v) is 5.36. The molecule has 0 spiro atoms. The highest BCUT2D eigenvalue weighted by atomic mass is 16.2. The van der Waals surface area contributed by atoms with Gasteiger partial charge in [0.2, 0.25) is 5.91 Å². The Hall–Kier alpha value is -1.01. The van der Waals surface area contributed by atoms with E-state index in [9.17, 15) is 4.79 Å². The highest BCUT2D eigenvalue weighted by Crippen LogP contribution is 2.06. The molecule has 1 amide bonds. The smallest absolute Gasteiger partial charge is 0.237 e. The van der Waals surface area contributed by atoms with Crippen LogP contribution in [0.15, 0.2) is 0 Å². The van der Waals surface area contributed by atoms with E-state index in [2.05, 4.69) is 16.6 Å². The summed E-state index contributed by atoms with van der Waals surface area (Å²) in [6.45, 7) is 9.72. The lowest BCUT2D eigenvalue weighted by molar-refractivity contribution is -0.124. The molecule has 0 saturated heterocycles. The third-order valence-electron chi connectivity index (χ3n) is 2.49. The minimum absolute atomic E-state index is 0.0102. The summed E-state index contributed by atoms with van der Waals surface area (Å²) in [5, 5.41) is 5.99. The molecule has 0 radical (unpaired) electrons. The molecule has 3 heteroatoms. The zero-order valence-corrected chi connectivity index (χ0v) is 10.3. The summed E-state index contributed by atoms with van der Waals surface area (Å²) in [5.41, 5.74) is -0.160. The van der Waals surface area contributed by atoms with E-state index in [0.29, 0.717) is 0 Å². The van der Waals surface area contributed by atoms with E-state index in [1.807, 2.05) is 34.6 Å². The predicted octanol–water partition coefficient (Wildman–Crippen LogP) is 1.29. The predicted molar refractivity (Wildman–Crippen MR) is 63.4 cm³/mol. The molecular formula is C12H22N2O. The molecule has 0 bridgehead atoms. The van der Waals surface area contributed by atoms with E-state index in [1.54, 1.807) is 0 Å². The molecule has 2 atom stereocenters. The van der Waals surface area contributed by atoms with Crippen molar-refractivity contribution in [1.29, 1.82) is 0 Å². The molecule has 0 fully saturated rings. The molecule has 0 heterocycles. The van der Waals surface area contributed by atoms with Gasteiger partial charge in [0.05, 0.1) is 12.1 Å². The summed E-state index contributed by atoms with van der Waals surface area (Å²) in [4.78, 5) is 11.7. The van der Waals surface area contributed by atoms with Gasteiger partial charge >= 0.3 is 0 Å². The number of terminal acetylenes is 1. The molecule has 0 aromatic heterocycles. The monoisotopic (exact) mass is 210 g/mol. The molecule has 0 aromatic carbocycles. The van der Waals surface area contributed by atoms with Crippen LogP contribution in [0.4, 0.5) is 0 Å². The summed E-state index contributed by atoms with van der Waals surface area (Å²) >= 11 is 0. The quantitative estimate of drug-likeness (QED) is 0.671. The van der Waals surface area contributed by atoms with E-state index in [1.165, 1.54) is 0 Å². The zero-order chi connectivity index (χ0) is 12.1. The summed E-state index contributed by atoms with van der Waals surface area (Å²) in [7, 11) is 0.